The number of carbonyl (C=O) groups excluding carboxylic acids is 3. The Hall–Kier alpha value is -5.68. The highest BCUT2D eigenvalue weighted by Gasteiger charge is 2.49. The Balaban J connectivity index is 1.35. The van der Waals surface area contributed by atoms with Crippen LogP contribution < -0.4 is 15.0 Å². The van der Waals surface area contributed by atoms with E-state index in [0.717, 1.165) is 24.3 Å². The Morgan fingerprint density at radius 3 is 2.27 bits per heavy atom. The molecule has 51 heavy (non-hydrogen) atoms. The molecule has 1 aromatic heterocycles. The van der Waals surface area contributed by atoms with Gasteiger partial charge in [0.05, 0.1) is 50.2 Å². The molecule has 1 saturated heterocycles. The van der Waals surface area contributed by atoms with E-state index in [9.17, 15) is 24.0 Å². The number of nitrogens with zero attached hydrogens (tertiary/aromatic N) is 5. The minimum Gasteiger partial charge on any atom is -0.495 e. The summed E-state index contributed by atoms with van der Waals surface area (Å²) in [7, 11) is 2.74. The molecule has 2 aliphatic rings. The smallest absolute Gasteiger partial charge is 0.306 e. The maximum absolute atomic E-state index is 15.5. The molecule has 0 spiro atoms. The molecule has 4 aromatic rings. The van der Waals surface area contributed by atoms with E-state index in [-0.39, 0.29) is 46.0 Å². The molecule has 11 nitrogen and oxygen atoms in total. The first-order valence-electron chi connectivity index (χ1n) is 16.1. The van der Waals surface area contributed by atoms with Gasteiger partial charge in [-0.2, -0.15) is 19.1 Å². The number of nitriles is 1. The molecule has 0 unspecified atom stereocenters. The summed E-state index contributed by atoms with van der Waals surface area (Å²) in [6, 6.07) is 14.8. The van der Waals surface area contributed by atoms with Crippen molar-refractivity contribution in [1.29, 1.82) is 5.26 Å². The number of esters is 1. The van der Waals surface area contributed by atoms with Crippen LogP contribution in [0.15, 0.2) is 72.9 Å². The molecule has 3 aromatic carbocycles. The highest BCUT2D eigenvalue weighted by molar-refractivity contribution is 6.13. The van der Waals surface area contributed by atoms with Crippen LogP contribution in [-0.4, -0.2) is 72.4 Å². The molecule has 2 amide bonds. The van der Waals surface area contributed by atoms with Gasteiger partial charge in [0.15, 0.2) is 5.69 Å². The summed E-state index contributed by atoms with van der Waals surface area (Å²) < 4.78 is 56.0. The molecule has 6 rings (SSSR count). The van der Waals surface area contributed by atoms with E-state index in [2.05, 4.69) is 15.3 Å². The number of anilines is 2. The van der Waals surface area contributed by atoms with Crippen LogP contribution in [0.3, 0.4) is 0 Å². The highest BCUT2D eigenvalue weighted by atomic mass is 19.3. The molecule has 14 heteroatoms. The predicted octanol–water partition coefficient (Wildman–Crippen LogP) is 5.77. The SMILES string of the molecule is COC(=O)CC(C)(C)CN1C[C@H]2[C@H](C1)n1ncc(NC(=O)c3ccc(OC)c(C#N)c3)c1C(=O)N2c1ccc(C(F)(F)c2ccc(F)cc2)cc1. The number of halogens is 3. The number of likely N-dealkylation sites (tertiary alicyclic amines) is 1. The number of nitrogens with one attached hydrogen (secondary N) is 1. The zero-order valence-electron chi connectivity index (χ0n) is 28.3. The number of methoxy groups -OCH3 is 2. The van der Waals surface area contributed by atoms with Gasteiger partial charge in [-0.1, -0.05) is 26.0 Å². The molecular weight excluding hydrogens is 665 g/mol. The monoisotopic (exact) mass is 700 g/mol. The van der Waals surface area contributed by atoms with Crippen LogP contribution in [0.4, 0.5) is 24.5 Å². The topological polar surface area (TPSA) is 130 Å². The van der Waals surface area contributed by atoms with Crippen molar-refractivity contribution in [2.45, 2.75) is 38.3 Å². The molecule has 0 aliphatic carbocycles. The van der Waals surface area contributed by atoms with Gasteiger partial charge in [-0.3, -0.25) is 24.0 Å². The number of fused-ring (bicyclic) bond motifs is 3. The normalized spacial score (nSPS) is 17.4. The summed E-state index contributed by atoms with van der Waals surface area (Å²) in [6.07, 6.45) is 1.56. The van der Waals surface area contributed by atoms with Gasteiger partial charge in [0.1, 0.15) is 17.6 Å². The van der Waals surface area contributed by atoms with Crippen molar-refractivity contribution >= 4 is 29.2 Å². The largest absolute Gasteiger partial charge is 0.495 e. The first-order valence-corrected chi connectivity index (χ1v) is 16.1. The van der Waals surface area contributed by atoms with E-state index >= 15 is 8.78 Å². The highest BCUT2D eigenvalue weighted by Crippen LogP contribution is 2.41. The molecule has 0 saturated carbocycles. The van der Waals surface area contributed by atoms with Crippen LogP contribution in [0, 0.1) is 22.6 Å². The molecule has 3 heterocycles. The van der Waals surface area contributed by atoms with Crippen LogP contribution in [0.2, 0.25) is 0 Å². The van der Waals surface area contributed by atoms with Crippen molar-refractivity contribution in [3.05, 3.63) is 107 Å². The maximum Gasteiger partial charge on any atom is 0.306 e. The lowest BCUT2D eigenvalue weighted by Crippen LogP contribution is -2.51. The van der Waals surface area contributed by atoms with E-state index < -0.39 is 41.1 Å². The molecular formula is C37H35F3N6O5. The van der Waals surface area contributed by atoms with Gasteiger partial charge in [0.2, 0.25) is 0 Å². The second-order valence-corrected chi connectivity index (χ2v) is 13.4. The number of ether oxygens (including phenoxy) is 2. The Kier molecular flexibility index (Phi) is 9.35. The predicted molar refractivity (Wildman–Crippen MR) is 180 cm³/mol. The van der Waals surface area contributed by atoms with Crippen molar-refractivity contribution in [3.63, 3.8) is 0 Å². The third-order valence-corrected chi connectivity index (χ3v) is 9.24. The number of carbonyl (C=O) groups is 3. The van der Waals surface area contributed by atoms with Gasteiger partial charge in [-0.25, -0.2) is 4.39 Å². The maximum atomic E-state index is 15.5. The number of rotatable bonds is 10. The fraction of sp³-hybridized carbons (Fsp3) is 0.324. The molecule has 0 bridgehead atoms. The van der Waals surface area contributed by atoms with Crippen LogP contribution in [0.5, 0.6) is 5.75 Å². The molecule has 2 aliphatic heterocycles. The first-order chi connectivity index (χ1) is 24.3. The van der Waals surface area contributed by atoms with Crippen LogP contribution >= 0.6 is 0 Å². The zero-order chi connectivity index (χ0) is 36.7. The summed E-state index contributed by atoms with van der Waals surface area (Å²) >= 11 is 0. The number of aromatic nitrogens is 2. The van der Waals surface area contributed by atoms with E-state index in [4.69, 9.17) is 9.47 Å². The number of alkyl halides is 2. The Bertz CT molecular complexity index is 2020. The molecule has 1 fully saturated rings. The quantitative estimate of drug-likeness (QED) is 0.207. The van der Waals surface area contributed by atoms with Crippen molar-refractivity contribution in [2.24, 2.45) is 5.41 Å². The summed E-state index contributed by atoms with van der Waals surface area (Å²) in [6.45, 7) is 5.19. The number of amides is 2. The second kappa shape index (κ2) is 13.6. The Labute approximate surface area is 292 Å². The van der Waals surface area contributed by atoms with Crippen molar-refractivity contribution < 1.29 is 37.0 Å². The third kappa shape index (κ3) is 6.77. The van der Waals surface area contributed by atoms with Crippen molar-refractivity contribution in [2.75, 3.05) is 44.1 Å². The lowest BCUT2D eigenvalue weighted by atomic mass is 9.89. The van der Waals surface area contributed by atoms with Crippen molar-refractivity contribution in [1.82, 2.24) is 14.7 Å². The molecule has 1 N–H and O–H groups in total. The van der Waals surface area contributed by atoms with Gasteiger partial charge in [0, 0.05) is 42.0 Å². The second-order valence-electron chi connectivity index (χ2n) is 13.4. The third-order valence-electron chi connectivity index (χ3n) is 9.24. The van der Waals surface area contributed by atoms with E-state index in [0.29, 0.717) is 31.1 Å². The Morgan fingerprint density at radius 2 is 1.65 bits per heavy atom. The Morgan fingerprint density at radius 1 is 1.00 bits per heavy atom. The van der Waals surface area contributed by atoms with E-state index in [1.54, 1.807) is 4.68 Å². The van der Waals surface area contributed by atoms with Crippen LogP contribution in [0.1, 0.15) is 63.8 Å². The van der Waals surface area contributed by atoms with Crippen LogP contribution in [0.25, 0.3) is 0 Å². The lowest BCUT2D eigenvalue weighted by molar-refractivity contribution is -0.143. The minimum atomic E-state index is -3.43. The van der Waals surface area contributed by atoms with Crippen LogP contribution in [-0.2, 0) is 15.5 Å². The van der Waals surface area contributed by atoms with Gasteiger partial charge >= 0.3 is 5.97 Å². The van der Waals surface area contributed by atoms with Gasteiger partial charge in [0.25, 0.3) is 17.7 Å². The number of hydrogen-bond donors (Lipinski definition) is 1. The average Bonchev–Trinajstić information content (AvgIpc) is 3.71. The summed E-state index contributed by atoms with van der Waals surface area (Å²) in [4.78, 5) is 43.6. The van der Waals surface area contributed by atoms with E-state index in [1.165, 1.54) is 67.8 Å². The van der Waals surface area contributed by atoms with Gasteiger partial charge in [-0.05, 0) is 60.0 Å². The molecule has 2 atom stereocenters. The van der Waals surface area contributed by atoms with E-state index in [1.807, 2.05) is 19.9 Å². The number of hydrogen-bond acceptors (Lipinski definition) is 8. The lowest BCUT2D eigenvalue weighted by Gasteiger charge is -2.37. The summed E-state index contributed by atoms with van der Waals surface area (Å²) in [5.74, 6) is -5.20. The van der Waals surface area contributed by atoms with Gasteiger partial charge < -0.3 is 19.7 Å². The zero-order valence-corrected chi connectivity index (χ0v) is 28.3. The summed E-state index contributed by atoms with van der Waals surface area (Å²) in [5.41, 5.74) is -0.315. The standard InChI is InChI=1S/C37H35F3N6O5/c1-36(2,16-32(47)51-4)21-44-19-29-30(20-44)46-33(28(18-42-46)43-34(48)22-5-14-31(50-3)23(15-22)17-41)35(49)45(29)27-12-8-25(9-13-27)37(39,40)24-6-10-26(38)11-7-24/h5-15,18,29-30H,16,19-21H2,1-4H3,(H,43,48)/t29-,30-/m0/s1. The first kappa shape index (κ1) is 35.2. The molecule has 264 valence electrons. The van der Waals surface area contributed by atoms with Gasteiger partial charge in [-0.15, -0.1) is 0 Å². The fourth-order valence-electron chi connectivity index (χ4n) is 6.87. The fourth-order valence-corrected chi connectivity index (χ4v) is 6.87. The summed E-state index contributed by atoms with van der Waals surface area (Å²) in [5, 5.41) is 16.8. The minimum absolute atomic E-state index is 0.0926. The average molecular weight is 701 g/mol. The number of benzene rings is 3. The molecule has 0 radical (unpaired) electrons. The van der Waals surface area contributed by atoms with Crippen molar-refractivity contribution in [3.8, 4) is 11.8 Å².